The number of aliphatic carboxylic acids is 1. The van der Waals surface area contributed by atoms with E-state index in [1.807, 2.05) is 5.32 Å². The van der Waals surface area contributed by atoms with Crippen molar-refractivity contribution in [3.05, 3.63) is 0 Å². The fourth-order valence-corrected chi connectivity index (χ4v) is 2.54. The van der Waals surface area contributed by atoms with E-state index in [9.17, 15) is 24.0 Å². The summed E-state index contributed by atoms with van der Waals surface area (Å²) in [6.45, 7) is -1.03. The summed E-state index contributed by atoms with van der Waals surface area (Å²) in [5, 5.41) is 21.9. The molecule has 146 valence electrons. The smallest absolute Gasteiger partial charge is 0.328 e. The van der Waals surface area contributed by atoms with Crippen LogP contribution in [0.1, 0.15) is 19.3 Å². The van der Waals surface area contributed by atoms with E-state index < -0.39 is 60.9 Å². The molecule has 0 aromatic carbocycles. The lowest BCUT2D eigenvalue weighted by atomic mass is 10.1. The van der Waals surface area contributed by atoms with Crippen LogP contribution >= 0.6 is 0 Å². The van der Waals surface area contributed by atoms with Crippen LogP contribution in [0.2, 0.25) is 0 Å². The molecule has 0 aliphatic carbocycles. The van der Waals surface area contributed by atoms with E-state index in [-0.39, 0.29) is 13.0 Å². The Hall–Kier alpha value is -2.73. The van der Waals surface area contributed by atoms with E-state index in [4.69, 9.17) is 21.7 Å². The van der Waals surface area contributed by atoms with E-state index >= 15 is 0 Å². The Labute approximate surface area is 148 Å². The SMILES string of the molecule is NC(=O)CC(N)C(=O)N1CCCC1C(=O)NCC(=O)NC(CO)C(=O)O. The van der Waals surface area contributed by atoms with Crippen LogP contribution in [0.15, 0.2) is 0 Å². The van der Waals surface area contributed by atoms with Gasteiger partial charge in [0.25, 0.3) is 0 Å². The normalized spacial score (nSPS) is 18.7. The summed E-state index contributed by atoms with van der Waals surface area (Å²) < 4.78 is 0. The molecule has 0 aromatic rings. The summed E-state index contributed by atoms with van der Waals surface area (Å²) in [4.78, 5) is 58.9. The number of carbonyl (C=O) groups is 5. The molecule has 1 aliphatic rings. The minimum absolute atomic E-state index is 0.279. The summed E-state index contributed by atoms with van der Waals surface area (Å²) in [6, 6.07) is -3.47. The third kappa shape index (κ3) is 5.97. The van der Waals surface area contributed by atoms with Crippen LogP contribution in [-0.2, 0) is 24.0 Å². The third-order valence-electron chi connectivity index (χ3n) is 3.82. The maximum absolute atomic E-state index is 12.2. The van der Waals surface area contributed by atoms with E-state index in [0.717, 1.165) is 0 Å². The van der Waals surface area contributed by atoms with Crippen molar-refractivity contribution in [2.45, 2.75) is 37.4 Å². The Morgan fingerprint density at radius 1 is 1.23 bits per heavy atom. The fourth-order valence-electron chi connectivity index (χ4n) is 2.54. The zero-order valence-electron chi connectivity index (χ0n) is 14.0. The predicted octanol–water partition coefficient (Wildman–Crippen LogP) is -4.14. The number of carboxylic acid groups (broad SMARTS) is 1. The van der Waals surface area contributed by atoms with Crippen LogP contribution in [0.25, 0.3) is 0 Å². The number of hydrogen-bond donors (Lipinski definition) is 6. The molecule has 26 heavy (non-hydrogen) atoms. The molecule has 0 bridgehead atoms. The van der Waals surface area contributed by atoms with Gasteiger partial charge < -0.3 is 37.2 Å². The number of nitrogens with one attached hydrogen (secondary N) is 2. The van der Waals surface area contributed by atoms with Gasteiger partial charge in [-0.1, -0.05) is 0 Å². The second-order valence-corrected chi connectivity index (χ2v) is 5.83. The van der Waals surface area contributed by atoms with Gasteiger partial charge in [0.15, 0.2) is 0 Å². The molecule has 1 heterocycles. The Morgan fingerprint density at radius 3 is 2.42 bits per heavy atom. The van der Waals surface area contributed by atoms with Crippen LogP contribution in [0.4, 0.5) is 0 Å². The third-order valence-corrected chi connectivity index (χ3v) is 3.82. The molecule has 3 unspecified atom stereocenters. The zero-order valence-corrected chi connectivity index (χ0v) is 14.0. The van der Waals surface area contributed by atoms with Gasteiger partial charge in [0, 0.05) is 6.54 Å². The number of nitrogens with zero attached hydrogens (tertiary/aromatic N) is 1. The first-order valence-electron chi connectivity index (χ1n) is 7.92. The second-order valence-electron chi connectivity index (χ2n) is 5.83. The average molecular weight is 373 g/mol. The lowest BCUT2D eigenvalue weighted by Crippen LogP contribution is -2.53. The molecular formula is C14H23N5O7. The van der Waals surface area contributed by atoms with Crippen LogP contribution < -0.4 is 22.1 Å². The number of rotatable bonds is 9. The number of likely N-dealkylation sites (tertiary alicyclic amines) is 1. The zero-order chi connectivity index (χ0) is 19.9. The van der Waals surface area contributed by atoms with Gasteiger partial charge in [0.1, 0.15) is 12.1 Å². The standard InChI is InChI=1S/C14H23N5O7/c15-7(4-10(16)21)13(24)19-3-1-2-9(19)12(23)17-5-11(22)18-8(6-20)14(25)26/h7-9,20H,1-6,15H2,(H2,16,21)(H,17,23)(H,18,22)(H,25,26). The summed E-state index contributed by atoms with van der Waals surface area (Å²) in [6.07, 6.45) is 0.561. The summed E-state index contributed by atoms with van der Waals surface area (Å²) in [5.74, 6) is -4.14. The highest BCUT2D eigenvalue weighted by atomic mass is 16.4. The Bertz CT molecular complexity index is 582. The molecule has 12 nitrogen and oxygen atoms in total. The summed E-state index contributed by atoms with van der Waals surface area (Å²) in [7, 11) is 0. The molecule has 8 N–H and O–H groups in total. The van der Waals surface area contributed by atoms with Gasteiger partial charge in [-0.25, -0.2) is 4.79 Å². The number of carbonyl (C=O) groups excluding carboxylic acids is 4. The Morgan fingerprint density at radius 2 is 1.88 bits per heavy atom. The Balaban J connectivity index is 2.57. The number of aliphatic hydroxyl groups is 1. The monoisotopic (exact) mass is 373 g/mol. The predicted molar refractivity (Wildman–Crippen MR) is 86.2 cm³/mol. The van der Waals surface area contributed by atoms with E-state index in [0.29, 0.717) is 12.8 Å². The summed E-state index contributed by atoms with van der Waals surface area (Å²) >= 11 is 0. The quantitative estimate of drug-likeness (QED) is 0.233. The molecule has 1 fully saturated rings. The maximum Gasteiger partial charge on any atom is 0.328 e. The van der Waals surface area contributed by atoms with Gasteiger partial charge in [-0.15, -0.1) is 0 Å². The molecule has 0 spiro atoms. The number of amides is 4. The highest BCUT2D eigenvalue weighted by molar-refractivity contribution is 5.94. The van der Waals surface area contributed by atoms with Gasteiger partial charge in [-0.2, -0.15) is 0 Å². The van der Waals surface area contributed by atoms with Gasteiger partial charge in [-0.05, 0) is 12.8 Å². The van der Waals surface area contributed by atoms with Crippen molar-refractivity contribution in [1.29, 1.82) is 0 Å². The van der Waals surface area contributed by atoms with Crippen LogP contribution in [0, 0.1) is 0 Å². The van der Waals surface area contributed by atoms with E-state index in [1.165, 1.54) is 4.90 Å². The summed E-state index contributed by atoms with van der Waals surface area (Å²) in [5.41, 5.74) is 10.6. The largest absolute Gasteiger partial charge is 0.480 e. The number of primary amides is 1. The van der Waals surface area contributed by atoms with Crippen molar-refractivity contribution in [3.63, 3.8) is 0 Å². The van der Waals surface area contributed by atoms with Gasteiger partial charge in [-0.3, -0.25) is 19.2 Å². The highest BCUT2D eigenvalue weighted by Gasteiger charge is 2.36. The molecule has 1 rings (SSSR count). The topological polar surface area (TPSA) is 205 Å². The molecule has 1 aliphatic heterocycles. The fraction of sp³-hybridized carbons (Fsp3) is 0.643. The first kappa shape index (κ1) is 21.3. The lowest BCUT2D eigenvalue weighted by molar-refractivity contribution is -0.143. The molecule has 1 saturated heterocycles. The van der Waals surface area contributed by atoms with Crippen LogP contribution in [0.3, 0.4) is 0 Å². The minimum atomic E-state index is -1.48. The van der Waals surface area contributed by atoms with Crippen molar-refractivity contribution < 1.29 is 34.2 Å². The van der Waals surface area contributed by atoms with Gasteiger partial charge in [0.2, 0.25) is 23.6 Å². The maximum atomic E-state index is 12.2. The minimum Gasteiger partial charge on any atom is -0.480 e. The molecule has 3 atom stereocenters. The van der Waals surface area contributed by atoms with Gasteiger partial charge in [0.05, 0.1) is 25.6 Å². The van der Waals surface area contributed by atoms with E-state index in [2.05, 4.69) is 5.32 Å². The van der Waals surface area contributed by atoms with Crippen molar-refractivity contribution >= 4 is 29.6 Å². The number of aliphatic hydroxyl groups excluding tert-OH is 1. The number of carboxylic acids is 1. The second kappa shape index (κ2) is 9.68. The van der Waals surface area contributed by atoms with E-state index in [1.54, 1.807) is 0 Å². The highest BCUT2D eigenvalue weighted by Crippen LogP contribution is 2.18. The van der Waals surface area contributed by atoms with Crippen molar-refractivity contribution in [1.82, 2.24) is 15.5 Å². The molecular weight excluding hydrogens is 350 g/mol. The average Bonchev–Trinajstić information content (AvgIpc) is 3.05. The molecule has 4 amide bonds. The van der Waals surface area contributed by atoms with Crippen LogP contribution in [0.5, 0.6) is 0 Å². The van der Waals surface area contributed by atoms with Crippen LogP contribution in [-0.4, -0.2) is 82.5 Å². The van der Waals surface area contributed by atoms with Crippen molar-refractivity contribution in [2.24, 2.45) is 11.5 Å². The van der Waals surface area contributed by atoms with Crippen molar-refractivity contribution in [2.75, 3.05) is 19.7 Å². The first-order valence-corrected chi connectivity index (χ1v) is 7.92. The Kier molecular flexibility index (Phi) is 7.93. The van der Waals surface area contributed by atoms with Gasteiger partial charge >= 0.3 is 5.97 Å². The molecule has 0 saturated carbocycles. The lowest BCUT2D eigenvalue weighted by Gasteiger charge is -2.26. The first-order chi connectivity index (χ1) is 12.2. The molecule has 12 heteroatoms. The molecule has 0 radical (unpaired) electrons. The number of nitrogens with two attached hydrogens (primary N) is 2. The number of hydrogen-bond acceptors (Lipinski definition) is 7. The van der Waals surface area contributed by atoms with Crippen molar-refractivity contribution in [3.8, 4) is 0 Å². The molecule has 0 aromatic heterocycles.